The molecule has 8 rings (SSSR count). The Labute approximate surface area is 366 Å². The highest BCUT2D eigenvalue weighted by atomic mass is 35.5. The van der Waals surface area contributed by atoms with Gasteiger partial charge in [0.15, 0.2) is 0 Å². The van der Waals surface area contributed by atoms with Gasteiger partial charge >= 0.3 is 0 Å². The molecule has 11 heteroatoms. The minimum absolute atomic E-state index is 0.0877. The van der Waals surface area contributed by atoms with Crippen molar-refractivity contribution in [1.29, 1.82) is 0 Å². The number of benzene rings is 6. The summed E-state index contributed by atoms with van der Waals surface area (Å²) in [6.45, 7) is 6.60. The molecule has 314 valence electrons. The highest BCUT2D eigenvalue weighted by Crippen LogP contribution is 2.32. The molecule has 2 aliphatic heterocycles. The van der Waals surface area contributed by atoms with Crippen LogP contribution in [0.4, 0.5) is 31.5 Å². The van der Waals surface area contributed by atoms with E-state index in [4.69, 9.17) is 23.2 Å². The number of carbonyl (C=O) groups is 3. The molecule has 0 fully saturated rings. The van der Waals surface area contributed by atoms with Gasteiger partial charge in [0.05, 0.1) is 11.8 Å². The molecule has 61 heavy (non-hydrogen) atoms. The van der Waals surface area contributed by atoms with Gasteiger partial charge in [-0.2, -0.15) is 0 Å². The number of fused-ring (bicyclic) bond motifs is 2. The Morgan fingerprint density at radius 3 is 1.82 bits per heavy atom. The van der Waals surface area contributed by atoms with Crippen LogP contribution in [0.1, 0.15) is 76.7 Å². The number of amides is 2. The van der Waals surface area contributed by atoms with Gasteiger partial charge in [0.25, 0.3) is 0 Å². The number of aryl methyl sites for hydroxylation is 2. The van der Waals surface area contributed by atoms with Crippen LogP contribution in [0.5, 0.6) is 0 Å². The van der Waals surface area contributed by atoms with Crippen molar-refractivity contribution in [2.24, 2.45) is 0 Å². The largest absolute Gasteiger partial charge is 0.385 e. The number of hydrogen-bond donors (Lipinski definition) is 3. The van der Waals surface area contributed by atoms with Crippen molar-refractivity contribution in [2.45, 2.75) is 57.9 Å². The molecular weight excluding hydrogens is 813 g/mol. The molecule has 3 N–H and O–H groups in total. The summed E-state index contributed by atoms with van der Waals surface area (Å²) in [6, 6.07) is 38.8. The third-order valence-corrected chi connectivity index (χ3v) is 11.1. The summed E-state index contributed by atoms with van der Waals surface area (Å²) in [6.07, 6.45) is 5.01. The van der Waals surface area contributed by atoms with Crippen molar-refractivity contribution in [2.75, 3.05) is 33.9 Å². The van der Waals surface area contributed by atoms with Crippen LogP contribution in [0.2, 0.25) is 10.0 Å². The van der Waals surface area contributed by atoms with Gasteiger partial charge in [-0.25, -0.2) is 8.78 Å². The van der Waals surface area contributed by atoms with Gasteiger partial charge in [-0.05, 0) is 152 Å². The van der Waals surface area contributed by atoms with Crippen molar-refractivity contribution in [3.63, 3.8) is 0 Å². The van der Waals surface area contributed by atoms with Gasteiger partial charge in [0.1, 0.15) is 17.9 Å². The maximum atomic E-state index is 13.1. The van der Waals surface area contributed by atoms with E-state index in [0.29, 0.717) is 22.0 Å². The van der Waals surface area contributed by atoms with E-state index in [1.807, 2.05) is 50.2 Å². The van der Waals surface area contributed by atoms with Crippen molar-refractivity contribution in [3.05, 3.63) is 189 Å². The average molecular weight is 862 g/mol. The molecule has 6 aromatic rings. The molecule has 6 aromatic carbocycles. The summed E-state index contributed by atoms with van der Waals surface area (Å²) in [5.41, 5.74) is 9.91. The van der Waals surface area contributed by atoms with Crippen LogP contribution in [0, 0.1) is 11.6 Å². The lowest BCUT2D eigenvalue weighted by Gasteiger charge is -2.32. The molecule has 7 nitrogen and oxygen atoms in total. The summed E-state index contributed by atoms with van der Waals surface area (Å²) in [5, 5.41) is 10.4. The molecule has 2 unspecified atom stereocenters. The number of aldehydes is 1. The second-order valence-corrected chi connectivity index (χ2v) is 16.0. The number of hydrogen-bond acceptors (Lipinski definition) is 5. The van der Waals surface area contributed by atoms with E-state index >= 15 is 0 Å². The molecule has 0 saturated carbocycles. The molecule has 2 amide bonds. The zero-order chi connectivity index (χ0) is 43.3. The number of carbonyl (C=O) groups excluding carboxylic acids is 3. The summed E-state index contributed by atoms with van der Waals surface area (Å²) in [7, 11) is 0. The summed E-state index contributed by atoms with van der Waals surface area (Å²) >= 11 is 11.7. The first-order valence-electron chi connectivity index (χ1n) is 20.3. The van der Waals surface area contributed by atoms with Gasteiger partial charge in [-0.3, -0.25) is 14.4 Å². The van der Waals surface area contributed by atoms with Gasteiger partial charge in [-0.15, -0.1) is 0 Å². The second kappa shape index (κ2) is 21.5. The number of rotatable bonds is 9. The monoisotopic (exact) mass is 860 g/mol. The van der Waals surface area contributed by atoms with E-state index in [1.165, 1.54) is 52.3 Å². The van der Waals surface area contributed by atoms with Crippen molar-refractivity contribution in [1.82, 2.24) is 0 Å². The fraction of sp³-hybridized carbons (Fsp3) is 0.220. The summed E-state index contributed by atoms with van der Waals surface area (Å²) in [4.78, 5) is 37.5. The van der Waals surface area contributed by atoms with Gasteiger partial charge in [0.2, 0.25) is 11.8 Å². The molecule has 0 bridgehead atoms. The first-order chi connectivity index (χ1) is 29.4. The molecule has 2 atom stereocenters. The molecular formula is C50H48Cl2F2N4O3. The predicted octanol–water partition coefficient (Wildman–Crippen LogP) is 12.3. The van der Waals surface area contributed by atoms with Gasteiger partial charge < -0.3 is 20.9 Å². The predicted molar refractivity (Wildman–Crippen MR) is 244 cm³/mol. The lowest BCUT2D eigenvalue weighted by molar-refractivity contribution is -0.118. The van der Waals surface area contributed by atoms with Crippen molar-refractivity contribution >= 4 is 64.1 Å². The number of nitrogens with one attached hydrogen (secondary N) is 3. The topological polar surface area (TPSA) is 90.5 Å². The highest BCUT2D eigenvalue weighted by molar-refractivity contribution is 6.31. The number of nitrogens with zero attached hydrogens (tertiary/aromatic N) is 1. The summed E-state index contributed by atoms with van der Waals surface area (Å²) < 4.78 is 26.0. The lowest BCUT2D eigenvalue weighted by atomic mass is 9.93. The molecule has 2 aliphatic rings. The Hall–Kier alpha value is -6.03. The Balaban J connectivity index is 0.000000175. The third kappa shape index (κ3) is 12.7. The van der Waals surface area contributed by atoms with Crippen LogP contribution in [0.3, 0.4) is 0 Å². The first-order valence-corrected chi connectivity index (χ1v) is 21.0. The normalized spacial score (nSPS) is 13.6. The zero-order valence-electron chi connectivity index (χ0n) is 34.1. The molecule has 0 aliphatic carbocycles. The zero-order valence-corrected chi connectivity index (χ0v) is 35.6. The van der Waals surface area contributed by atoms with E-state index in [2.05, 4.69) is 45.1 Å². The minimum atomic E-state index is -0.321. The SMILES string of the molecule is CC(C(=O)Nc1ccc(F)cc1)c1ccc2c(c1)CCCN2.CC(C(=O)Nc1ccc(F)cc1)c1ccc2c(c1)CCCN2Cc1cccc(Cl)c1.O=Cc1cccc(Cl)c1. The van der Waals surface area contributed by atoms with E-state index < -0.39 is 0 Å². The lowest BCUT2D eigenvalue weighted by Crippen LogP contribution is -2.29. The Kier molecular flexibility index (Phi) is 15.7. The van der Waals surface area contributed by atoms with E-state index in [0.717, 1.165) is 67.8 Å². The van der Waals surface area contributed by atoms with Crippen LogP contribution in [-0.2, 0) is 29.0 Å². The highest BCUT2D eigenvalue weighted by Gasteiger charge is 2.22. The van der Waals surface area contributed by atoms with E-state index in [1.54, 1.807) is 48.5 Å². The van der Waals surface area contributed by atoms with Crippen LogP contribution < -0.4 is 20.9 Å². The van der Waals surface area contributed by atoms with Gasteiger partial charge in [-0.1, -0.05) is 71.7 Å². The maximum Gasteiger partial charge on any atom is 0.231 e. The van der Waals surface area contributed by atoms with Crippen LogP contribution in [0.15, 0.2) is 133 Å². The van der Waals surface area contributed by atoms with Crippen LogP contribution >= 0.6 is 23.2 Å². The fourth-order valence-corrected chi connectivity index (χ4v) is 7.61. The fourth-order valence-electron chi connectivity index (χ4n) is 7.20. The van der Waals surface area contributed by atoms with Crippen LogP contribution in [0.25, 0.3) is 0 Å². The number of halogens is 4. The molecule has 0 radical (unpaired) electrons. The van der Waals surface area contributed by atoms with E-state index in [9.17, 15) is 23.2 Å². The van der Waals surface area contributed by atoms with Crippen LogP contribution in [-0.4, -0.2) is 31.2 Å². The summed E-state index contributed by atoms with van der Waals surface area (Å²) in [5.74, 6) is -1.38. The smallest absolute Gasteiger partial charge is 0.231 e. The van der Waals surface area contributed by atoms with E-state index in [-0.39, 0.29) is 35.3 Å². The average Bonchev–Trinajstić information content (AvgIpc) is 3.27. The molecule has 0 saturated heterocycles. The quantitative estimate of drug-likeness (QED) is 0.126. The Morgan fingerprint density at radius 2 is 1.25 bits per heavy atom. The number of anilines is 4. The van der Waals surface area contributed by atoms with Crippen molar-refractivity contribution < 1.29 is 23.2 Å². The Bertz CT molecular complexity index is 2450. The maximum absolute atomic E-state index is 13.1. The molecule has 0 spiro atoms. The molecule has 0 aromatic heterocycles. The van der Waals surface area contributed by atoms with Crippen molar-refractivity contribution in [3.8, 4) is 0 Å². The second-order valence-electron chi connectivity index (χ2n) is 15.1. The van der Waals surface area contributed by atoms with Gasteiger partial charge in [0, 0.05) is 58.0 Å². The minimum Gasteiger partial charge on any atom is -0.385 e. The molecule has 2 heterocycles. The standard InChI is InChI=1S/C25H24ClFN2O.C18H19FN2O.C7H5ClO/c1-17(25(30)28-23-10-8-22(27)9-11-23)19-7-12-24-20(15-19)5-3-13-29(24)16-18-4-2-6-21(26)14-18;1-12(18(22)21-16-7-5-15(19)6-8-16)13-4-9-17-14(11-13)3-2-10-20-17;8-7-3-1-2-6(4-7)5-9/h2,4,6-12,14-15,17H,3,5,13,16H2,1H3,(H,28,30);4-9,11-12,20H,2-3,10H2,1H3,(H,21,22);1-5H. The Morgan fingerprint density at radius 1 is 0.689 bits per heavy atom. The first kappa shape index (κ1) is 44.5. The third-order valence-electron chi connectivity index (χ3n) is 10.6.